The van der Waals surface area contributed by atoms with Gasteiger partial charge >= 0.3 is 0 Å². The van der Waals surface area contributed by atoms with Crippen LogP contribution in [-0.4, -0.2) is 17.5 Å². The Kier molecular flexibility index (Phi) is 5.14. The van der Waals surface area contributed by atoms with Gasteiger partial charge in [-0.05, 0) is 56.7 Å². The first-order chi connectivity index (χ1) is 15.4. The fraction of sp³-hybridized carbons (Fsp3) is 0.208. The molecule has 0 unspecified atom stereocenters. The van der Waals surface area contributed by atoms with Crippen LogP contribution in [0.5, 0.6) is 5.75 Å². The number of hydrogen-bond acceptors (Lipinski definition) is 6. The highest BCUT2D eigenvalue weighted by Gasteiger charge is 2.45. The van der Waals surface area contributed by atoms with Crippen molar-refractivity contribution in [3.8, 4) is 5.75 Å². The van der Waals surface area contributed by atoms with Gasteiger partial charge in [0.15, 0.2) is 10.6 Å². The highest BCUT2D eigenvalue weighted by Crippen LogP contribution is 2.43. The van der Waals surface area contributed by atoms with E-state index in [2.05, 4.69) is 20.9 Å². The van der Waals surface area contributed by atoms with E-state index in [4.69, 9.17) is 9.15 Å². The topological polar surface area (TPSA) is 72.6 Å². The highest BCUT2D eigenvalue weighted by molar-refractivity contribution is 9.10. The van der Waals surface area contributed by atoms with E-state index in [0.29, 0.717) is 34.0 Å². The molecule has 0 radical (unpaired) electrons. The molecule has 4 aromatic rings. The lowest BCUT2D eigenvalue weighted by Gasteiger charge is -2.23. The maximum Gasteiger partial charge on any atom is 0.297 e. The summed E-state index contributed by atoms with van der Waals surface area (Å²) in [4.78, 5) is 34.4. The zero-order valence-corrected chi connectivity index (χ0v) is 20.0. The van der Waals surface area contributed by atoms with Gasteiger partial charge in [-0.15, -0.1) is 11.3 Å². The van der Waals surface area contributed by atoms with Crippen LogP contribution in [0.4, 0.5) is 5.13 Å². The van der Waals surface area contributed by atoms with Gasteiger partial charge in [0.25, 0.3) is 5.91 Å². The first kappa shape index (κ1) is 20.9. The Morgan fingerprint density at radius 2 is 2.00 bits per heavy atom. The van der Waals surface area contributed by atoms with Crippen LogP contribution in [0.25, 0.3) is 11.0 Å². The summed E-state index contributed by atoms with van der Waals surface area (Å²) in [7, 11) is 0. The minimum Gasteiger partial charge on any atom is -0.494 e. The highest BCUT2D eigenvalue weighted by atomic mass is 79.9. The van der Waals surface area contributed by atoms with E-state index in [1.165, 1.54) is 11.3 Å². The van der Waals surface area contributed by atoms with Crippen molar-refractivity contribution in [1.29, 1.82) is 0 Å². The Labute approximate surface area is 196 Å². The Bertz CT molecular complexity index is 1420. The molecule has 1 atom stereocenters. The van der Waals surface area contributed by atoms with Crippen molar-refractivity contribution in [2.45, 2.75) is 26.8 Å². The fourth-order valence-corrected chi connectivity index (χ4v) is 5.26. The summed E-state index contributed by atoms with van der Waals surface area (Å²) in [5.74, 6) is 0.356. The van der Waals surface area contributed by atoms with Crippen molar-refractivity contribution >= 4 is 49.3 Å². The van der Waals surface area contributed by atoms with Crippen LogP contribution in [0.1, 0.15) is 45.2 Å². The van der Waals surface area contributed by atoms with Crippen LogP contribution in [0.15, 0.2) is 56.1 Å². The maximum atomic E-state index is 13.7. The fourth-order valence-electron chi connectivity index (χ4n) is 3.96. The number of aromatic nitrogens is 1. The summed E-state index contributed by atoms with van der Waals surface area (Å²) in [6.45, 7) is 6.29. The second-order valence-electron chi connectivity index (χ2n) is 7.54. The van der Waals surface area contributed by atoms with E-state index in [-0.39, 0.29) is 17.1 Å². The van der Waals surface area contributed by atoms with Crippen molar-refractivity contribution in [2.24, 2.45) is 0 Å². The summed E-state index contributed by atoms with van der Waals surface area (Å²) in [5.41, 5.74) is 2.08. The van der Waals surface area contributed by atoms with Crippen molar-refractivity contribution in [1.82, 2.24) is 4.98 Å². The van der Waals surface area contributed by atoms with Gasteiger partial charge in [0.05, 0.1) is 29.3 Å². The van der Waals surface area contributed by atoms with E-state index in [1.54, 1.807) is 23.1 Å². The molecule has 0 fully saturated rings. The molecule has 0 aliphatic carbocycles. The molecule has 5 rings (SSSR count). The number of hydrogen-bond donors (Lipinski definition) is 0. The van der Waals surface area contributed by atoms with Crippen molar-refractivity contribution in [3.63, 3.8) is 0 Å². The van der Waals surface area contributed by atoms with E-state index in [9.17, 15) is 9.59 Å². The molecule has 0 N–H and O–H groups in total. The lowest BCUT2D eigenvalue weighted by Crippen LogP contribution is -2.29. The van der Waals surface area contributed by atoms with Crippen LogP contribution in [0.2, 0.25) is 0 Å². The third kappa shape index (κ3) is 3.25. The van der Waals surface area contributed by atoms with Crippen molar-refractivity contribution < 1.29 is 13.9 Å². The zero-order chi connectivity index (χ0) is 22.6. The van der Waals surface area contributed by atoms with Crippen LogP contribution in [-0.2, 0) is 0 Å². The smallest absolute Gasteiger partial charge is 0.297 e. The number of fused-ring (bicyclic) bond motifs is 2. The first-order valence-electron chi connectivity index (χ1n) is 10.2. The van der Waals surface area contributed by atoms with E-state index >= 15 is 0 Å². The average Bonchev–Trinajstić information content (AvgIpc) is 3.25. The summed E-state index contributed by atoms with van der Waals surface area (Å²) in [6.07, 6.45) is 0. The molecule has 162 valence electrons. The molecule has 0 saturated heterocycles. The normalized spacial score (nSPS) is 15.4. The molecule has 0 saturated carbocycles. The SMILES string of the molecule is CCOc1cccc([C@@H]2c3c(oc4ccc(Br)cc4c3=O)C(=O)N2c2nc(C)c(C)s2)c1. The largest absolute Gasteiger partial charge is 0.494 e. The molecule has 1 aliphatic heterocycles. The second kappa shape index (κ2) is 7.86. The van der Waals surface area contributed by atoms with Gasteiger partial charge in [0.2, 0.25) is 5.76 Å². The maximum absolute atomic E-state index is 13.7. The molecule has 2 aromatic carbocycles. The Morgan fingerprint density at radius 3 is 2.72 bits per heavy atom. The molecule has 2 aromatic heterocycles. The molecule has 32 heavy (non-hydrogen) atoms. The third-order valence-corrected chi connectivity index (χ3v) is 7.11. The number of carbonyl (C=O) groups excluding carboxylic acids is 1. The van der Waals surface area contributed by atoms with Crippen LogP contribution in [0, 0.1) is 13.8 Å². The number of ether oxygens (including phenoxy) is 1. The minimum absolute atomic E-state index is 0.0575. The summed E-state index contributed by atoms with van der Waals surface area (Å²) < 4.78 is 12.4. The van der Waals surface area contributed by atoms with Crippen LogP contribution < -0.4 is 15.1 Å². The number of benzene rings is 2. The van der Waals surface area contributed by atoms with Crippen LogP contribution >= 0.6 is 27.3 Å². The van der Waals surface area contributed by atoms with Crippen LogP contribution in [0.3, 0.4) is 0 Å². The molecule has 3 heterocycles. The van der Waals surface area contributed by atoms with Gasteiger partial charge in [-0.2, -0.15) is 0 Å². The van der Waals surface area contributed by atoms with Gasteiger partial charge in [0.1, 0.15) is 11.3 Å². The lowest BCUT2D eigenvalue weighted by molar-refractivity contribution is 0.0971. The number of halogens is 1. The van der Waals surface area contributed by atoms with Crippen molar-refractivity contribution in [2.75, 3.05) is 11.5 Å². The Hall–Kier alpha value is -2.97. The molecular weight excluding hydrogens is 492 g/mol. The molecular formula is C24H19BrN2O4S. The number of aryl methyl sites for hydroxylation is 2. The summed E-state index contributed by atoms with van der Waals surface area (Å²) in [6, 6.07) is 12.0. The average molecular weight is 511 g/mol. The summed E-state index contributed by atoms with van der Waals surface area (Å²) >= 11 is 4.85. The standard InChI is InChI=1S/C24H19BrN2O4S/c1-4-30-16-7-5-6-14(10-16)20-19-21(28)17-11-15(25)8-9-18(17)31-22(19)23(29)27(20)24-26-12(2)13(3)32-24/h5-11,20H,4H2,1-3H3/t20-/m1/s1. The molecule has 6 nitrogen and oxygen atoms in total. The lowest BCUT2D eigenvalue weighted by atomic mass is 9.98. The van der Waals surface area contributed by atoms with E-state index < -0.39 is 6.04 Å². The number of anilines is 1. The second-order valence-corrected chi connectivity index (χ2v) is 9.63. The quantitative estimate of drug-likeness (QED) is 0.348. The van der Waals surface area contributed by atoms with Gasteiger partial charge in [0, 0.05) is 9.35 Å². The summed E-state index contributed by atoms with van der Waals surface area (Å²) in [5, 5.41) is 0.957. The third-order valence-electron chi connectivity index (χ3n) is 5.54. The van der Waals surface area contributed by atoms with Gasteiger partial charge in [-0.3, -0.25) is 14.5 Å². The first-order valence-corrected chi connectivity index (χ1v) is 11.8. The van der Waals surface area contributed by atoms with Gasteiger partial charge in [-0.25, -0.2) is 4.98 Å². The molecule has 1 amide bonds. The predicted molar refractivity (Wildman–Crippen MR) is 128 cm³/mol. The predicted octanol–water partition coefficient (Wildman–Crippen LogP) is 5.78. The molecule has 1 aliphatic rings. The van der Waals surface area contributed by atoms with E-state index in [0.717, 1.165) is 20.6 Å². The number of rotatable bonds is 4. The van der Waals surface area contributed by atoms with Gasteiger partial charge in [-0.1, -0.05) is 28.1 Å². The Morgan fingerprint density at radius 1 is 1.19 bits per heavy atom. The number of nitrogens with zero attached hydrogens (tertiary/aromatic N) is 2. The number of amides is 1. The van der Waals surface area contributed by atoms with Crippen molar-refractivity contribution in [3.05, 3.63) is 84.6 Å². The monoisotopic (exact) mass is 510 g/mol. The van der Waals surface area contributed by atoms with E-state index in [1.807, 2.05) is 45.0 Å². The minimum atomic E-state index is -0.664. The number of thiazole rings is 1. The molecule has 8 heteroatoms. The Balaban J connectivity index is 1.80. The van der Waals surface area contributed by atoms with Gasteiger partial charge < -0.3 is 9.15 Å². The molecule has 0 bridgehead atoms. The number of carbonyl (C=O) groups is 1. The molecule has 0 spiro atoms. The zero-order valence-electron chi connectivity index (χ0n) is 17.6.